The average molecular weight is 453 g/mol. The van der Waals surface area contributed by atoms with E-state index < -0.39 is 6.09 Å². The van der Waals surface area contributed by atoms with Gasteiger partial charge in [0.25, 0.3) is 0 Å². The van der Waals surface area contributed by atoms with E-state index in [1.54, 1.807) is 12.3 Å². The van der Waals surface area contributed by atoms with E-state index in [0.29, 0.717) is 36.6 Å². The number of cyclic esters (lactones) is 1. The van der Waals surface area contributed by atoms with Gasteiger partial charge in [-0.2, -0.15) is 9.97 Å². The van der Waals surface area contributed by atoms with Gasteiger partial charge in [-0.1, -0.05) is 75.0 Å². The van der Waals surface area contributed by atoms with Gasteiger partial charge in [-0.15, -0.1) is 0 Å². The molecule has 1 saturated heterocycles. The monoisotopic (exact) mass is 452 g/mol. The standard InChI is InChI=1S/C21H24N6O3.C3H8/c1-3-4-5-16(19-25-18(26-30-19)15-8-6-14(2)7-9-15)23-20-22-11-10-17(24-20)27-12-13-29-21(27)28;1-3-2/h6-11,16H,3-5,12-13H2,1-2H3,(H,22,23,24);3H2,1-2H3. The molecule has 2 aromatic heterocycles. The summed E-state index contributed by atoms with van der Waals surface area (Å²) < 4.78 is 10.6. The number of amides is 1. The molecule has 1 aromatic carbocycles. The van der Waals surface area contributed by atoms with Crippen LogP contribution < -0.4 is 10.2 Å². The quantitative estimate of drug-likeness (QED) is 0.474. The number of nitrogens with one attached hydrogen (secondary N) is 1. The van der Waals surface area contributed by atoms with Gasteiger partial charge >= 0.3 is 6.09 Å². The third-order valence-corrected chi connectivity index (χ3v) is 4.88. The lowest BCUT2D eigenvalue weighted by Crippen LogP contribution is -2.25. The molecule has 0 spiro atoms. The number of anilines is 2. The number of unbranched alkanes of at least 4 members (excludes halogenated alkanes) is 1. The second kappa shape index (κ2) is 11.9. The number of hydrogen-bond acceptors (Lipinski definition) is 8. The maximum Gasteiger partial charge on any atom is 0.415 e. The molecule has 0 saturated carbocycles. The van der Waals surface area contributed by atoms with Crippen LogP contribution in [0.25, 0.3) is 11.4 Å². The molecule has 33 heavy (non-hydrogen) atoms. The van der Waals surface area contributed by atoms with Crippen LogP contribution in [0.3, 0.4) is 0 Å². The van der Waals surface area contributed by atoms with E-state index in [-0.39, 0.29) is 6.04 Å². The van der Waals surface area contributed by atoms with E-state index in [9.17, 15) is 4.79 Å². The highest BCUT2D eigenvalue weighted by Gasteiger charge is 2.26. The van der Waals surface area contributed by atoms with Crippen LogP contribution in [0.4, 0.5) is 16.6 Å². The predicted molar refractivity (Wildman–Crippen MR) is 127 cm³/mol. The molecule has 0 radical (unpaired) electrons. The summed E-state index contributed by atoms with van der Waals surface area (Å²) >= 11 is 0. The normalized spacial score (nSPS) is 13.8. The first-order valence-electron chi connectivity index (χ1n) is 11.5. The third-order valence-electron chi connectivity index (χ3n) is 4.88. The molecule has 3 aromatic rings. The molecule has 0 aliphatic carbocycles. The Kier molecular flexibility index (Phi) is 8.74. The van der Waals surface area contributed by atoms with Gasteiger partial charge in [0.1, 0.15) is 18.5 Å². The molecule has 9 nitrogen and oxygen atoms in total. The molecule has 176 valence electrons. The summed E-state index contributed by atoms with van der Waals surface area (Å²) in [5, 5.41) is 7.43. The fourth-order valence-electron chi connectivity index (χ4n) is 3.19. The van der Waals surface area contributed by atoms with Crippen molar-refractivity contribution in [3.63, 3.8) is 0 Å². The Labute approximate surface area is 194 Å². The van der Waals surface area contributed by atoms with Crippen LogP contribution in [-0.2, 0) is 4.74 Å². The summed E-state index contributed by atoms with van der Waals surface area (Å²) in [5.41, 5.74) is 2.07. The Hall–Kier alpha value is -3.49. The first-order valence-corrected chi connectivity index (χ1v) is 11.5. The highest BCUT2D eigenvalue weighted by atomic mass is 16.6. The van der Waals surface area contributed by atoms with E-state index in [0.717, 1.165) is 24.8 Å². The highest BCUT2D eigenvalue weighted by Crippen LogP contribution is 2.26. The van der Waals surface area contributed by atoms with E-state index in [2.05, 4.69) is 46.2 Å². The van der Waals surface area contributed by atoms with Gasteiger partial charge < -0.3 is 14.6 Å². The lowest BCUT2D eigenvalue weighted by molar-refractivity contribution is 0.181. The number of hydrogen-bond donors (Lipinski definition) is 1. The number of benzene rings is 1. The predicted octanol–water partition coefficient (Wildman–Crippen LogP) is 5.55. The fourth-order valence-corrected chi connectivity index (χ4v) is 3.19. The van der Waals surface area contributed by atoms with Crippen molar-refractivity contribution in [2.45, 2.75) is 59.4 Å². The maximum absolute atomic E-state index is 11.8. The zero-order chi connectivity index (χ0) is 23.6. The zero-order valence-corrected chi connectivity index (χ0v) is 19.7. The van der Waals surface area contributed by atoms with Gasteiger partial charge in [0, 0.05) is 11.8 Å². The van der Waals surface area contributed by atoms with E-state index in [1.807, 2.05) is 31.2 Å². The minimum atomic E-state index is -0.401. The van der Waals surface area contributed by atoms with Crippen LogP contribution in [0.2, 0.25) is 0 Å². The minimum absolute atomic E-state index is 0.238. The van der Waals surface area contributed by atoms with Crippen molar-refractivity contribution < 1.29 is 14.1 Å². The van der Waals surface area contributed by atoms with Crippen molar-refractivity contribution >= 4 is 17.9 Å². The second-order valence-electron chi connectivity index (χ2n) is 7.87. The summed E-state index contributed by atoms with van der Waals surface area (Å²) in [7, 11) is 0. The van der Waals surface area contributed by atoms with Crippen molar-refractivity contribution in [3.05, 3.63) is 48.0 Å². The molecule has 1 unspecified atom stereocenters. The van der Waals surface area contributed by atoms with Gasteiger partial charge in [0.15, 0.2) is 0 Å². The topological polar surface area (TPSA) is 106 Å². The summed E-state index contributed by atoms with van der Waals surface area (Å²) in [6.45, 7) is 9.23. The SMILES string of the molecule is CCC.CCCCC(Nc1nccc(N2CCOC2=O)n1)c1nc(-c2ccc(C)cc2)no1. The minimum Gasteiger partial charge on any atom is -0.447 e. The largest absolute Gasteiger partial charge is 0.447 e. The molecule has 3 heterocycles. The number of carbonyl (C=O) groups is 1. The molecule has 0 bridgehead atoms. The fraction of sp³-hybridized carbons (Fsp3) is 0.458. The van der Waals surface area contributed by atoms with Gasteiger partial charge in [-0.05, 0) is 19.4 Å². The second-order valence-corrected chi connectivity index (χ2v) is 7.87. The van der Waals surface area contributed by atoms with E-state index in [4.69, 9.17) is 9.26 Å². The zero-order valence-electron chi connectivity index (χ0n) is 19.7. The Balaban J connectivity index is 0.000000968. The lowest BCUT2D eigenvalue weighted by atomic mass is 10.1. The maximum atomic E-state index is 11.8. The molecule has 9 heteroatoms. The first-order chi connectivity index (χ1) is 16.0. The molecule has 1 N–H and O–H groups in total. The Morgan fingerprint density at radius 1 is 1.12 bits per heavy atom. The molecule has 1 atom stereocenters. The van der Waals surface area contributed by atoms with Crippen molar-refractivity contribution in [1.29, 1.82) is 0 Å². The average Bonchev–Trinajstić information content (AvgIpc) is 3.47. The number of ether oxygens (including phenoxy) is 1. The molecule has 1 fully saturated rings. The highest BCUT2D eigenvalue weighted by molar-refractivity contribution is 5.88. The first kappa shape index (κ1) is 24.2. The van der Waals surface area contributed by atoms with Crippen molar-refractivity contribution in [3.8, 4) is 11.4 Å². The van der Waals surface area contributed by atoms with Crippen LogP contribution in [0.15, 0.2) is 41.1 Å². The Bertz CT molecular complexity index is 1020. The lowest BCUT2D eigenvalue weighted by Gasteiger charge is -2.16. The molecular formula is C24H32N6O3. The Morgan fingerprint density at radius 3 is 2.55 bits per heavy atom. The molecule has 1 aliphatic rings. The van der Waals surface area contributed by atoms with Gasteiger partial charge in [0.2, 0.25) is 17.7 Å². The molecule has 4 rings (SSSR count). The summed E-state index contributed by atoms with van der Waals surface area (Å²) in [4.78, 5) is 26.7. The van der Waals surface area contributed by atoms with Gasteiger partial charge in [0.05, 0.1) is 6.54 Å². The van der Waals surface area contributed by atoms with Crippen LogP contribution in [0.5, 0.6) is 0 Å². The number of nitrogens with zero attached hydrogens (tertiary/aromatic N) is 5. The molecule has 1 amide bonds. The summed E-state index contributed by atoms with van der Waals surface area (Å²) in [6.07, 6.45) is 5.24. The summed E-state index contributed by atoms with van der Waals surface area (Å²) in [5.74, 6) is 1.91. The van der Waals surface area contributed by atoms with Crippen molar-refractivity contribution in [1.82, 2.24) is 20.1 Å². The number of aryl methyl sites for hydroxylation is 1. The van der Waals surface area contributed by atoms with Crippen molar-refractivity contribution in [2.24, 2.45) is 0 Å². The van der Waals surface area contributed by atoms with Crippen LogP contribution in [-0.4, -0.2) is 39.4 Å². The number of carbonyl (C=O) groups excluding carboxylic acids is 1. The van der Waals surface area contributed by atoms with Crippen LogP contribution in [0.1, 0.15) is 64.0 Å². The number of aromatic nitrogens is 4. The Morgan fingerprint density at radius 2 is 1.88 bits per heavy atom. The molecular weight excluding hydrogens is 420 g/mol. The van der Waals surface area contributed by atoms with Gasteiger partial charge in [-0.25, -0.2) is 9.78 Å². The van der Waals surface area contributed by atoms with Crippen molar-refractivity contribution in [2.75, 3.05) is 23.4 Å². The summed E-state index contributed by atoms with van der Waals surface area (Å²) in [6, 6.07) is 9.42. The smallest absolute Gasteiger partial charge is 0.415 e. The van der Waals surface area contributed by atoms with Crippen LogP contribution >= 0.6 is 0 Å². The third kappa shape index (κ3) is 6.50. The van der Waals surface area contributed by atoms with Crippen LogP contribution in [0, 0.1) is 6.92 Å². The number of rotatable bonds is 8. The van der Waals surface area contributed by atoms with Gasteiger partial charge in [-0.3, -0.25) is 4.90 Å². The molecule has 1 aliphatic heterocycles. The van der Waals surface area contributed by atoms with E-state index in [1.165, 1.54) is 16.9 Å². The van der Waals surface area contributed by atoms with E-state index >= 15 is 0 Å².